The summed E-state index contributed by atoms with van der Waals surface area (Å²) in [7, 11) is 0. The van der Waals surface area contributed by atoms with E-state index in [4.69, 9.17) is 21.3 Å². The van der Waals surface area contributed by atoms with E-state index in [2.05, 4.69) is 9.55 Å². The number of hydrogen-bond acceptors (Lipinski definition) is 3. The Morgan fingerprint density at radius 2 is 2.14 bits per heavy atom. The molecule has 5 heteroatoms. The van der Waals surface area contributed by atoms with Gasteiger partial charge in [0, 0.05) is 25.8 Å². The normalized spacial score (nSPS) is 18.1. The van der Waals surface area contributed by atoms with Gasteiger partial charge in [0.1, 0.15) is 11.3 Å². The standard InChI is InChI=1S/C17H16ClN3O/c18-13-4-1-2-6-15(13)21-16(10-12-7-9-22-11-12)20-14-5-3-8-19-17(14)21/h1-6,8,12H,7,9-11H2. The minimum atomic E-state index is 0.512. The van der Waals surface area contributed by atoms with Gasteiger partial charge in [0.2, 0.25) is 0 Å². The van der Waals surface area contributed by atoms with Crippen LogP contribution < -0.4 is 0 Å². The predicted molar refractivity (Wildman–Crippen MR) is 86.5 cm³/mol. The number of rotatable bonds is 3. The fourth-order valence-electron chi connectivity index (χ4n) is 2.98. The molecular weight excluding hydrogens is 298 g/mol. The average Bonchev–Trinajstić information content (AvgIpc) is 3.16. The smallest absolute Gasteiger partial charge is 0.164 e. The summed E-state index contributed by atoms with van der Waals surface area (Å²) in [6.07, 6.45) is 3.75. The first-order chi connectivity index (χ1) is 10.8. The van der Waals surface area contributed by atoms with Gasteiger partial charge in [-0.15, -0.1) is 0 Å². The first-order valence-corrected chi connectivity index (χ1v) is 7.86. The summed E-state index contributed by atoms with van der Waals surface area (Å²) in [5.41, 5.74) is 2.68. The van der Waals surface area contributed by atoms with E-state index in [1.54, 1.807) is 6.20 Å². The lowest BCUT2D eigenvalue weighted by Crippen LogP contribution is -2.10. The van der Waals surface area contributed by atoms with Gasteiger partial charge in [-0.2, -0.15) is 0 Å². The largest absolute Gasteiger partial charge is 0.381 e. The van der Waals surface area contributed by atoms with Crippen molar-refractivity contribution in [3.63, 3.8) is 0 Å². The van der Waals surface area contributed by atoms with Gasteiger partial charge in [-0.05, 0) is 36.6 Å². The molecular formula is C17H16ClN3O. The Hall–Kier alpha value is -1.91. The Labute approximate surface area is 133 Å². The fraction of sp³-hybridized carbons (Fsp3) is 0.294. The van der Waals surface area contributed by atoms with Crippen molar-refractivity contribution in [1.29, 1.82) is 0 Å². The van der Waals surface area contributed by atoms with Crippen LogP contribution in [-0.2, 0) is 11.2 Å². The van der Waals surface area contributed by atoms with Gasteiger partial charge in [0.05, 0.1) is 10.7 Å². The zero-order chi connectivity index (χ0) is 14.9. The molecule has 4 rings (SSSR count). The lowest BCUT2D eigenvalue weighted by Gasteiger charge is -2.12. The number of halogens is 1. The number of nitrogens with zero attached hydrogens (tertiary/aromatic N) is 3. The van der Waals surface area contributed by atoms with E-state index >= 15 is 0 Å². The summed E-state index contributed by atoms with van der Waals surface area (Å²) >= 11 is 6.40. The summed E-state index contributed by atoms with van der Waals surface area (Å²) in [4.78, 5) is 9.28. The molecule has 1 fully saturated rings. The van der Waals surface area contributed by atoms with Gasteiger partial charge >= 0.3 is 0 Å². The molecule has 0 spiro atoms. The molecule has 2 aromatic heterocycles. The number of hydrogen-bond donors (Lipinski definition) is 0. The van der Waals surface area contributed by atoms with Gasteiger partial charge in [-0.1, -0.05) is 23.7 Å². The molecule has 0 radical (unpaired) electrons. The minimum Gasteiger partial charge on any atom is -0.381 e. The van der Waals surface area contributed by atoms with Crippen molar-refractivity contribution >= 4 is 22.8 Å². The molecule has 3 aromatic rings. The van der Waals surface area contributed by atoms with Crippen LogP contribution in [0.1, 0.15) is 12.2 Å². The lowest BCUT2D eigenvalue weighted by atomic mass is 10.0. The first-order valence-electron chi connectivity index (χ1n) is 7.48. The summed E-state index contributed by atoms with van der Waals surface area (Å²) < 4.78 is 7.57. The minimum absolute atomic E-state index is 0.512. The van der Waals surface area contributed by atoms with Crippen molar-refractivity contribution in [2.24, 2.45) is 5.92 Å². The van der Waals surface area contributed by atoms with Crippen molar-refractivity contribution in [3.05, 3.63) is 53.4 Å². The zero-order valence-electron chi connectivity index (χ0n) is 12.1. The van der Waals surface area contributed by atoms with Crippen molar-refractivity contribution in [2.75, 3.05) is 13.2 Å². The molecule has 0 N–H and O–H groups in total. The van der Waals surface area contributed by atoms with Crippen LogP contribution in [0, 0.1) is 5.92 Å². The summed E-state index contributed by atoms with van der Waals surface area (Å²) in [6.45, 7) is 1.65. The average molecular weight is 314 g/mol. The number of ether oxygens (including phenoxy) is 1. The van der Waals surface area contributed by atoms with Crippen molar-refractivity contribution in [3.8, 4) is 5.69 Å². The van der Waals surface area contributed by atoms with E-state index in [1.165, 1.54) is 0 Å². The molecule has 1 aliphatic rings. The number of fused-ring (bicyclic) bond motifs is 1. The number of para-hydroxylation sites is 1. The fourth-order valence-corrected chi connectivity index (χ4v) is 3.21. The quantitative estimate of drug-likeness (QED) is 0.741. The van der Waals surface area contributed by atoms with E-state index in [9.17, 15) is 0 Å². The Kier molecular flexibility index (Phi) is 3.56. The van der Waals surface area contributed by atoms with E-state index in [0.29, 0.717) is 10.9 Å². The topological polar surface area (TPSA) is 39.9 Å². The van der Waals surface area contributed by atoms with Crippen molar-refractivity contribution in [2.45, 2.75) is 12.8 Å². The van der Waals surface area contributed by atoms with E-state index in [-0.39, 0.29) is 0 Å². The van der Waals surface area contributed by atoms with Crippen LogP contribution in [0.4, 0.5) is 0 Å². The SMILES string of the molecule is Clc1ccccc1-n1c(CC2CCOC2)nc2cccnc21. The van der Waals surface area contributed by atoms with Crippen LogP contribution in [0.15, 0.2) is 42.6 Å². The van der Waals surface area contributed by atoms with Crippen molar-refractivity contribution in [1.82, 2.24) is 14.5 Å². The second-order valence-corrected chi connectivity index (χ2v) is 6.00. The molecule has 0 aliphatic carbocycles. The Morgan fingerprint density at radius 1 is 1.23 bits per heavy atom. The zero-order valence-corrected chi connectivity index (χ0v) is 12.8. The van der Waals surface area contributed by atoms with E-state index in [1.807, 2.05) is 36.4 Å². The number of pyridine rings is 1. The van der Waals surface area contributed by atoms with E-state index in [0.717, 1.165) is 48.7 Å². The Balaban J connectivity index is 1.88. The molecule has 0 saturated carbocycles. The summed E-state index contributed by atoms with van der Waals surface area (Å²) in [5.74, 6) is 1.51. The third kappa shape index (κ3) is 2.38. The number of aromatic nitrogens is 3. The highest BCUT2D eigenvalue weighted by Crippen LogP contribution is 2.28. The molecule has 22 heavy (non-hydrogen) atoms. The van der Waals surface area contributed by atoms with Crippen LogP contribution in [0.25, 0.3) is 16.9 Å². The van der Waals surface area contributed by atoms with Crippen molar-refractivity contribution < 1.29 is 4.74 Å². The molecule has 0 bridgehead atoms. The highest BCUT2D eigenvalue weighted by molar-refractivity contribution is 6.32. The predicted octanol–water partition coefficient (Wildman–Crippen LogP) is 3.65. The van der Waals surface area contributed by atoms with Crippen LogP contribution in [-0.4, -0.2) is 27.7 Å². The molecule has 1 atom stereocenters. The van der Waals surface area contributed by atoms with Gasteiger partial charge in [0.25, 0.3) is 0 Å². The maximum atomic E-state index is 6.40. The Morgan fingerprint density at radius 3 is 2.95 bits per heavy atom. The Bertz CT molecular complexity index is 809. The van der Waals surface area contributed by atoms with Crippen LogP contribution >= 0.6 is 11.6 Å². The molecule has 1 aliphatic heterocycles. The van der Waals surface area contributed by atoms with Gasteiger partial charge in [-0.25, -0.2) is 9.97 Å². The maximum absolute atomic E-state index is 6.40. The molecule has 1 saturated heterocycles. The molecule has 0 amide bonds. The second-order valence-electron chi connectivity index (χ2n) is 5.59. The van der Waals surface area contributed by atoms with Gasteiger partial charge in [0.15, 0.2) is 5.65 Å². The summed E-state index contributed by atoms with van der Waals surface area (Å²) in [6, 6.07) is 11.7. The highest BCUT2D eigenvalue weighted by atomic mass is 35.5. The maximum Gasteiger partial charge on any atom is 0.164 e. The van der Waals surface area contributed by atoms with Crippen LogP contribution in [0.3, 0.4) is 0 Å². The first kappa shape index (κ1) is 13.7. The van der Waals surface area contributed by atoms with Crippen LogP contribution in [0.2, 0.25) is 5.02 Å². The van der Waals surface area contributed by atoms with Gasteiger partial charge < -0.3 is 4.74 Å². The highest BCUT2D eigenvalue weighted by Gasteiger charge is 2.22. The summed E-state index contributed by atoms with van der Waals surface area (Å²) in [5, 5.41) is 0.705. The molecule has 1 unspecified atom stereocenters. The monoisotopic (exact) mass is 313 g/mol. The third-order valence-electron chi connectivity index (χ3n) is 4.07. The third-order valence-corrected chi connectivity index (χ3v) is 4.39. The lowest BCUT2D eigenvalue weighted by molar-refractivity contribution is 0.185. The number of benzene rings is 1. The molecule has 4 nitrogen and oxygen atoms in total. The molecule has 1 aromatic carbocycles. The van der Waals surface area contributed by atoms with Gasteiger partial charge in [-0.3, -0.25) is 4.57 Å². The molecule has 3 heterocycles. The number of imidazole rings is 1. The second kappa shape index (κ2) is 5.71. The molecule has 112 valence electrons. The van der Waals surface area contributed by atoms with E-state index < -0.39 is 0 Å². The van der Waals surface area contributed by atoms with Crippen LogP contribution in [0.5, 0.6) is 0 Å².